The zero-order valence-corrected chi connectivity index (χ0v) is 13.8. The lowest BCUT2D eigenvalue weighted by atomic mass is 9.92. The van der Waals surface area contributed by atoms with Gasteiger partial charge in [0.25, 0.3) is 0 Å². The van der Waals surface area contributed by atoms with Crippen LogP contribution >= 0.6 is 15.9 Å². The van der Waals surface area contributed by atoms with Gasteiger partial charge in [-0.2, -0.15) is 0 Å². The van der Waals surface area contributed by atoms with Crippen molar-refractivity contribution < 1.29 is 12.8 Å². The van der Waals surface area contributed by atoms with Gasteiger partial charge in [0.1, 0.15) is 5.82 Å². The van der Waals surface area contributed by atoms with Crippen LogP contribution in [0, 0.1) is 11.7 Å². The van der Waals surface area contributed by atoms with Crippen LogP contribution in [0.15, 0.2) is 22.7 Å². The fraction of sp³-hybridized carbons (Fsp3) is 0.571. The van der Waals surface area contributed by atoms with E-state index in [1.54, 1.807) is 12.1 Å². The zero-order chi connectivity index (χ0) is 14.8. The molecule has 20 heavy (non-hydrogen) atoms. The highest BCUT2D eigenvalue weighted by Gasteiger charge is 2.35. The number of benzene rings is 1. The lowest BCUT2D eigenvalue weighted by molar-refractivity contribution is 0.380. The number of nitrogens with one attached hydrogen (secondary N) is 1. The maximum absolute atomic E-state index is 14.2. The van der Waals surface area contributed by atoms with Crippen molar-refractivity contribution in [3.05, 3.63) is 34.1 Å². The molecule has 3 nitrogen and oxygen atoms in total. The first-order valence-electron chi connectivity index (χ1n) is 6.81. The Morgan fingerprint density at radius 2 is 2.25 bits per heavy atom. The van der Waals surface area contributed by atoms with Crippen LogP contribution < -0.4 is 5.32 Å². The predicted octanol–water partition coefficient (Wildman–Crippen LogP) is 3.06. The monoisotopic (exact) mass is 363 g/mol. The van der Waals surface area contributed by atoms with E-state index in [4.69, 9.17) is 0 Å². The van der Waals surface area contributed by atoms with E-state index in [1.165, 1.54) is 6.07 Å². The molecule has 1 aliphatic heterocycles. The lowest BCUT2D eigenvalue weighted by Crippen LogP contribution is -2.30. The summed E-state index contributed by atoms with van der Waals surface area (Å²) in [5.74, 6) is 0.00351. The van der Waals surface area contributed by atoms with Gasteiger partial charge in [-0.1, -0.05) is 28.9 Å². The second kappa shape index (κ2) is 6.54. The molecule has 112 valence electrons. The van der Waals surface area contributed by atoms with Crippen LogP contribution in [0.2, 0.25) is 0 Å². The SMILES string of the molecule is CCCNC(c1ccc(Br)cc1F)C1CCS(=O)(=O)C1. The molecule has 0 radical (unpaired) electrons. The van der Waals surface area contributed by atoms with Gasteiger partial charge in [0.05, 0.1) is 11.5 Å². The van der Waals surface area contributed by atoms with Crippen molar-refractivity contribution in [2.75, 3.05) is 18.1 Å². The Morgan fingerprint density at radius 1 is 1.50 bits per heavy atom. The Bertz CT molecular complexity index is 577. The van der Waals surface area contributed by atoms with Crippen molar-refractivity contribution in [1.82, 2.24) is 5.32 Å². The molecule has 6 heteroatoms. The number of rotatable bonds is 5. The second-order valence-corrected chi connectivity index (χ2v) is 8.41. The maximum Gasteiger partial charge on any atom is 0.150 e. The van der Waals surface area contributed by atoms with Crippen LogP contribution in [-0.4, -0.2) is 26.5 Å². The van der Waals surface area contributed by atoms with Gasteiger partial charge in [0.15, 0.2) is 9.84 Å². The minimum Gasteiger partial charge on any atom is -0.310 e. The minimum atomic E-state index is -2.97. The third kappa shape index (κ3) is 3.80. The summed E-state index contributed by atoms with van der Waals surface area (Å²) in [5.41, 5.74) is 0.559. The summed E-state index contributed by atoms with van der Waals surface area (Å²) in [7, 11) is -2.97. The summed E-state index contributed by atoms with van der Waals surface area (Å²) in [6, 6.07) is 4.72. The van der Waals surface area contributed by atoms with Gasteiger partial charge in [-0.15, -0.1) is 0 Å². The highest BCUT2D eigenvalue weighted by atomic mass is 79.9. The van der Waals surface area contributed by atoms with Crippen molar-refractivity contribution >= 4 is 25.8 Å². The van der Waals surface area contributed by atoms with Gasteiger partial charge < -0.3 is 5.32 Å². The topological polar surface area (TPSA) is 46.2 Å². The zero-order valence-electron chi connectivity index (χ0n) is 11.4. The third-order valence-corrected chi connectivity index (χ3v) is 5.94. The van der Waals surface area contributed by atoms with Gasteiger partial charge in [0, 0.05) is 16.1 Å². The van der Waals surface area contributed by atoms with Gasteiger partial charge in [0.2, 0.25) is 0 Å². The molecule has 1 saturated heterocycles. The Balaban J connectivity index is 2.27. The summed E-state index contributed by atoms with van der Waals surface area (Å²) >= 11 is 3.24. The Labute approximate surface area is 128 Å². The van der Waals surface area contributed by atoms with E-state index in [2.05, 4.69) is 21.2 Å². The van der Waals surface area contributed by atoms with E-state index in [0.29, 0.717) is 16.5 Å². The summed E-state index contributed by atoms with van der Waals surface area (Å²) in [6.45, 7) is 2.78. The number of hydrogen-bond acceptors (Lipinski definition) is 3. The summed E-state index contributed by atoms with van der Waals surface area (Å²) in [6.07, 6.45) is 1.52. The largest absolute Gasteiger partial charge is 0.310 e. The molecule has 0 aliphatic carbocycles. The first kappa shape index (κ1) is 15.9. The molecule has 2 rings (SSSR count). The van der Waals surface area contributed by atoms with Crippen LogP contribution in [0.5, 0.6) is 0 Å². The number of halogens is 2. The van der Waals surface area contributed by atoms with E-state index in [0.717, 1.165) is 13.0 Å². The molecule has 1 aliphatic rings. The molecule has 2 atom stereocenters. The Morgan fingerprint density at radius 3 is 2.80 bits per heavy atom. The smallest absolute Gasteiger partial charge is 0.150 e. The molecule has 1 aromatic carbocycles. The molecule has 2 unspecified atom stereocenters. The molecular weight excluding hydrogens is 345 g/mol. The fourth-order valence-corrected chi connectivity index (χ4v) is 4.84. The Kier molecular flexibility index (Phi) is 5.20. The van der Waals surface area contributed by atoms with Gasteiger partial charge in [-0.25, -0.2) is 12.8 Å². The van der Waals surface area contributed by atoms with Gasteiger partial charge in [-0.3, -0.25) is 0 Å². The van der Waals surface area contributed by atoms with E-state index < -0.39 is 9.84 Å². The molecular formula is C14H19BrFNO2S. The average Bonchev–Trinajstić information content (AvgIpc) is 2.72. The summed E-state index contributed by atoms with van der Waals surface area (Å²) in [4.78, 5) is 0. The highest BCUT2D eigenvalue weighted by Crippen LogP contribution is 2.33. The summed E-state index contributed by atoms with van der Waals surface area (Å²) in [5, 5.41) is 3.31. The standard InChI is InChI=1S/C14H19BrFNO2S/c1-2-6-17-14(10-5-7-20(18,19)9-10)12-4-3-11(15)8-13(12)16/h3-4,8,10,14,17H,2,5-7,9H2,1H3. The first-order chi connectivity index (χ1) is 9.43. The number of hydrogen-bond donors (Lipinski definition) is 1. The van der Waals surface area contributed by atoms with Crippen LogP contribution in [-0.2, 0) is 9.84 Å². The molecule has 1 heterocycles. The third-order valence-electron chi connectivity index (χ3n) is 3.65. The van der Waals surface area contributed by atoms with Gasteiger partial charge >= 0.3 is 0 Å². The number of sulfone groups is 1. The molecule has 1 aromatic rings. The Hall–Kier alpha value is -0.460. The lowest BCUT2D eigenvalue weighted by Gasteiger charge is -2.25. The quantitative estimate of drug-likeness (QED) is 0.874. The van der Waals surface area contributed by atoms with Crippen molar-refractivity contribution in [3.63, 3.8) is 0 Å². The van der Waals surface area contributed by atoms with Crippen molar-refractivity contribution in [2.24, 2.45) is 5.92 Å². The van der Waals surface area contributed by atoms with E-state index in [-0.39, 0.29) is 29.3 Å². The average molecular weight is 364 g/mol. The van der Waals surface area contributed by atoms with Gasteiger partial charge in [-0.05, 0) is 37.4 Å². The summed E-state index contributed by atoms with van der Waals surface area (Å²) < 4.78 is 38.2. The second-order valence-electron chi connectivity index (χ2n) is 5.26. The molecule has 0 bridgehead atoms. The molecule has 0 saturated carbocycles. The van der Waals surface area contributed by atoms with Crippen LogP contribution in [0.25, 0.3) is 0 Å². The van der Waals surface area contributed by atoms with Crippen LogP contribution in [0.3, 0.4) is 0 Å². The van der Waals surface area contributed by atoms with E-state index >= 15 is 0 Å². The van der Waals surface area contributed by atoms with Crippen LogP contribution in [0.1, 0.15) is 31.4 Å². The molecule has 0 amide bonds. The molecule has 1 fully saturated rings. The molecule has 1 N–H and O–H groups in total. The van der Waals surface area contributed by atoms with Crippen molar-refractivity contribution in [3.8, 4) is 0 Å². The normalized spacial score (nSPS) is 22.9. The molecule has 0 aromatic heterocycles. The van der Waals surface area contributed by atoms with E-state index in [9.17, 15) is 12.8 Å². The highest BCUT2D eigenvalue weighted by molar-refractivity contribution is 9.10. The predicted molar refractivity (Wildman–Crippen MR) is 81.9 cm³/mol. The minimum absolute atomic E-state index is 0.0535. The first-order valence-corrected chi connectivity index (χ1v) is 9.43. The molecule has 0 spiro atoms. The van der Waals surface area contributed by atoms with E-state index in [1.807, 2.05) is 6.92 Å². The maximum atomic E-state index is 14.2. The van der Waals surface area contributed by atoms with Crippen molar-refractivity contribution in [1.29, 1.82) is 0 Å². The van der Waals surface area contributed by atoms with Crippen molar-refractivity contribution in [2.45, 2.75) is 25.8 Å². The van der Waals surface area contributed by atoms with Crippen LogP contribution in [0.4, 0.5) is 4.39 Å². The fourth-order valence-electron chi connectivity index (χ4n) is 2.67.